The monoisotopic (exact) mass is 198 g/mol. The van der Waals surface area contributed by atoms with Crippen LogP contribution in [-0.4, -0.2) is 30.1 Å². The van der Waals surface area contributed by atoms with Crippen molar-refractivity contribution in [3.8, 4) is 0 Å². The molecular weight excluding hydrogens is 176 g/mol. The molecule has 0 saturated carbocycles. The lowest BCUT2D eigenvalue weighted by molar-refractivity contribution is 0.167. The number of likely N-dealkylation sites (tertiary alicyclic amines) is 1. The first kappa shape index (κ1) is 11.3. The van der Waals surface area contributed by atoms with Crippen molar-refractivity contribution in [3.05, 3.63) is 0 Å². The minimum Gasteiger partial charge on any atom is -0.336 e. The fraction of sp³-hybridized carbons (Fsp3) is 0.909. The Morgan fingerprint density at radius 1 is 1.64 bits per heavy atom. The number of amides is 2. The summed E-state index contributed by atoms with van der Waals surface area (Å²) in [5, 5.41) is 3.01. The summed E-state index contributed by atoms with van der Waals surface area (Å²) < 4.78 is 0. The van der Waals surface area contributed by atoms with Gasteiger partial charge in [0.05, 0.1) is 0 Å². The van der Waals surface area contributed by atoms with Crippen molar-refractivity contribution in [2.75, 3.05) is 13.1 Å². The molecule has 0 bridgehead atoms. The average molecular weight is 198 g/mol. The van der Waals surface area contributed by atoms with Gasteiger partial charge in [-0.3, -0.25) is 0 Å². The van der Waals surface area contributed by atoms with E-state index in [2.05, 4.69) is 19.2 Å². The molecule has 1 rings (SSSR count). The van der Waals surface area contributed by atoms with Crippen LogP contribution in [-0.2, 0) is 0 Å². The highest BCUT2D eigenvalue weighted by Crippen LogP contribution is 2.15. The van der Waals surface area contributed by atoms with Crippen LogP contribution in [0.25, 0.3) is 0 Å². The lowest BCUT2D eigenvalue weighted by atomic mass is 10.0. The van der Waals surface area contributed by atoms with E-state index in [1.807, 2.05) is 11.8 Å². The predicted molar refractivity (Wildman–Crippen MR) is 58.3 cm³/mol. The average Bonchev–Trinajstić information content (AvgIpc) is 2.17. The molecule has 2 amide bonds. The zero-order chi connectivity index (χ0) is 10.6. The summed E-state index contributed by atoms with van der Waals surface area (Å²) in [5.41, 5.74) is 0. The molecule has 0 aromatic rings. The maximum atomic E-state index is 11.7. The van der Waals surface area contributed by atoms with E-state index in [1.54, 1.807) is 0 Å². The van der Waals surface area contributed by atoms with Gasteiger partial charge in [0.25, 0.3) is 0 Å². The van der Waals surface area contributed by atoms with Gasteiger partial charge in [0.15, 0.2) is 0 Å². The largest absolute Gasteiger partial charge is 0.336 e. The zero-order valence-corrected chi connectivity index (χ0v) is 9.55. The van der Waals surface area contributed by atoms with Crippen LogP contribution in [0, 0.1) is 5.92 Å². The highest BCUT2D eigenvalue weighted by Gasteiger charge is 2.21. The molecule has 1 aliphatic heterocycles. The van der Waals surface area contributed by atoms with Crippen LogP contribution >= 0.6 is 0 Å². The molecule has 3 nitrogen and oxygen atoms in total. The van der Waals surface area contributed by atoms with Gasteiger partial charge in [-0.15, -0.1) is 0 Å². The van der Waals surface area contributed by atoms with Crippen LogP contribution in [0.3, 0.4) is 0 Å². The van der Waals surface area contributed by atoms with Gasteiger partial charge in [-0.2, -0.15) is 0 Å². The second-order valence-corrected chi connectivity index (χ2v) is 4.45. The van der Waals surface area contributed by atoms with E-state index in [0.29, 0.717) is 12.0 Å². The predicted octanol–water partition coefficient (Wildman–Crippen LogP) is 2.23. The van der Waals surface area contributed by atoms with Gasteiger partial charge in [-0.05, 0) is 32.1 Å². The standard InChI is InChI=1S/C11H22N2O/c1-4-10(3)12-11(14)13-7-5-6-9(2)8-13/h9-10H,4-8H2,1-3H3,(H,12,14)/t9-,10-/m1/s1. The molecule has 0 aromatic carbocycles. The van der Waals surface area contributed by atoms with Crippen LogP contribution < -0.4 is 5.32 Å². The van der Waals surface area contributed by atoms with Gasteiger partial charge >= 0.3 is 6.03 Å². The number of carbonyl (C=O) groups is 1. The maximum Gasteiger partial charge on any atom is 0.317 e. The van der Waals surface area contributed by atoms with E-state index in [9.17, 15) is 4.79 Å². The summed E-state index contributed by atoms with van der Waals surface area (Å²) in [6, 6.07) is 0.408. The van der Waals surface area contributed by atoms with Crippen molar-refractivity contribution in [1.29, 1.82) is 0 Å². The van der Waals surface area contributed by atoms with Gasteiger partial charge in [0.1, 0.15) is 0 Å². The van der Waals surface area contributed by atoms with Crippen LogP contribution in [0.5, 0.6) is 0 Å². The van der Waals surface area contributed by atoms with E-state index in [0.717, 1.165) is 25.9 Å². The molecule has 14 heavy (non-hydrogen) atoms. The second-order valence-electron chi connectivity index (χ2n) is 4.45. The molecule has 1 saturated heterocycles. The molecule has 1 N–H and O–H groups in total. The molecule has 0 radical (unpaired) electrons. The summed E-state index contributed by atoms with van der Waals surface area (Å²) >= 11 is 0. The minimum atomic E-state index is 0.117. The van der Waals surface area contributed by atoms with Crippen molar-refractivity contribution in [1.82, 2.24) is 10.2 Å². The molecule has 0 aliphatic carbocycles. The third-order valence-corrected chi connectivity index (χ3v) is 2.93. The Morgan fingerprint density at radius 3 is 2.93 bits per heavy atom. The van der Waals surface area contributed by atoms with Gasteiger partial charge < -0.3 is 10.2 Å². The van der Waals surface area contributed by atoms with Crippen LogP contribution in [0.2, 0.25) is 0 Å². The molecule has 82 valence electrons. The van der Waals surface area contributed by atoms with E-state index in [4.69, 9.17) is 0 Å². The summed E-state index contributed by atoms with van der Waals surface area (Å²) in [4.78, 5) is 13.7. The molecule has 1 heterocycles. The number of piperidine rings is 1. The van der Waals surface area contributed by atoms with Crippen molar-refractivity contribution in [2.24, 2.45) is 5.92 Å². The Bertz CT molecular complexity index is 194. The molecule has 1 aliphatic rings. The molecule has 1 fully saturated rings. The Morgan fingerprint density at radius 2 is 2.36 bits per heavy atom. The Labute approximate surface area is 86.9 Å². The van der Waals surface area contributed by atoms with Gasteiger partial charge in [0, 0.05) is 19.1 Å². The Kier molecular flexibility index (Phi) is 4.23. The number of nitrogens with zero attached hydrogens (tertiary/aromatic N) is 1. The molecule has 0 spiro atoms. The van der Waals surface area contributed by atoms with E-state index < -0.39 is 0 Å². The molecule has 0 unspecified atom stereocenters. The maximum absolute atomic E-state index is 11.7. The van der Waals surface area contributed by atoms with Crippen molar-refractivity contribution < 1.29 is 4.79 Å². The highest BCUT2D eigenvalue weighted by molar-refractivity contribution is 5.74. The van der Waals surface area contributed by atoms with E-state index >= 15 is 0 Å². The molecule has 3 heteroatoms. The van der Waals surface area contributed by atoms with Crippen molar-refractivity contribution in [2.45, 2.75) is 46.1 Å². The van der Waals surface area contributed by atoms with Crippen LogP contribution in [0.4, 0.5) is 4.79 Å². The van der Waals surface area contributed by atoms with Crippen LogP contribution in [0.1, 0.15) is 40.0 Å². The SMILES string of the molecule is CC[C@@H](C)NC(=O)N1CCC[C@@H](C)C1. The number of nitrogens with one attached hydrogen (secondary N) is 1. The number of hydrogen-bond donors (Lipinski definition) is 1. The van der Waals surface area contributed by atoms with E-state index in [-0.39, 0.29) is 6.03 Å². The quantitative estimate of drug-likeness (QED) is 0.725. The first-order valence-electron chi connectivity index (χ1n) is 5.69. The fourth-order valence-electron chi connectivity index (χ4n) is 1.78. The Balaban J connectivity index is 2.36. The summed E-state index contributed by atoms with van der Waals surface area (Å²) in [6.07, 6.45) is 3.40. The number of urea groups is 1. The third kappa shape index (κ3) is 3.20. The summed E-state index contributed by atoms with van der Waals surface area (Å²) in [5.74, 6) is 0.659. The molecular formula is C11H22N2O. The summed E-state index contributed by atoms with van der Waals surface area (Å²) in [6.45, 7) is 8.19. The van der Waals surface area contributed by atoms with Gasteiger partial charge in [-0.1, -0.05) is 13.8 Å². The van der Waals surface area contributed by atoms with Crippen LogP contribution in [0.15, 0.2) is 0 Å². The smallest absolute Gasteiger partial charge is 0.317 e. The lowest BCUT2D eigenvalue weighted by Gasteiger charge is -2.31. The zero-order valence-electron chi connectivity index (χ0n) is 9.55. The minimum absolute atomic E-state index is 0.117. The number of rotatable bonds is 2. The molecule has 2 atom stereocenters. The topological polar surface area (TPSA) is 32.3 Å². The van der Waals surface area contributed by atoms with E-state index in [1.165, 1.54) is 6.42 Å². The van der Waals surface area contributed by atoms with Crippen molar-refractivity contribution >= 4 is 6.03 Å². The summed E-state index contributed by atoms with van der Waals surface area (Å²) in [7, 11) is 0. The highest BCUT2D eigenvalue weighted by atomic mass is 16.2. The third-order valence-electron chi connectivity index (χ3n) is 2.93. The Hall–Kier alpha value is -0.730. The van der Waals surface area contributed by atoms with Gasteiger partial charge in [-0.25, -0.2) is 4.79 Å². The fourth-order valence-corrected chi connectivity index (χ4v) is 1.78. The normalized spacial score (nSPS) is 24.5. The van der Waals surface area contributed by atoms with Crippen molar-refractivity contribution in [3.63, 3.8) is 0 Å². The first-order chi connectivity index (χ1) is 6.63. The number of hydrogen-bond acceptors (Lipinski definition) is 1. The molecule has 0 aromatic heterocycles. The van der Waals surface area contributed by atoms with Gasteiger partial charge in [0.2, 0.25) is 0 Å². The first-order valence-corrected chi connectivity index (χ1v) is 5.69. The number of carbonyl (C=O) groups excluding carboxylic acids is 1. The lowest BCUT2D eigenvalue weighted by Crippen LogP contribution is -2.47. The second kappa shape index (κ2) is 5.23.